The Labute approximate surface area is 49.4 Å². The zero-order valence-electron chi connectivity index (χ0n) is 5.05. The first-order valence-corrected chi connectivity index (χ1v) is 2.54. The summed E-state index contributed by atoms with van der Waals surface area (Å²) in [5.41, 5.74) is 2.20. The number of hydrogen-bond donors (Lipinski definition) is 0. The summed E-state index contributed by atoms with van der Waals surface area (Å²) in [6.45, 7) is 1.97. The molecule has 0 aliphatic heterocycles. The summed E-state index contributed by atoms with van der Waals surface area (Å²) in [6.07, 6.45) is 3.37. The SMILES string of the molecule is Bc1cncnc1C. The van der Waals surface area contributed by atoms with Crippen molar-refractivity contribution in [2.45, 2.75) is 6.92 Å². The highest BCUT2D eigenvalue weighted by Crippen LogP contribution is 1.77. The summed E-state index contributed by atoms with van der Waals surface area (Å²) >= 11 is 0. The van der Waals surface area contributed by atoms with E-state index in [2.05, 4.69) is 9.97 Å². The lowest BCUT2D eigenvalue weighted by Crippen LogP contribution is -2.08. The third-order valence-corrected chi connectivity index (χ3v) is 1.16. The molecule has 0 fully saturated rings. The summed E-state index contributed by atoms with van der Waals surface area (Å²) in [4.78, 5) is 7.80. The van der Waals surface area contributed by atoms with E-state index in [4.69, 9.17) is 0 Å². The van der Waals surface area contributed by atoms with Crippen LogP contribution in [0.3, 0.4) is 0 Å². The van der Waals surface area contributed by atoms with Gasteiger partial charge in [-0.2, -0.15) is 0 Å². The Balaban J connectivity index is 3.13. The molecule has 0 bridgehead atoms. The van der Waals surface area contributed by atoms with Gasteiger partial charge in [0.05, 0.1) is 0 Å². The van der Waals surface area contributed by atoms with Gasteiger partial charge in [0.25, 0.3) is 0 Å². The minimum atomic E-state index is 1.06. The lowest BCUT2D eigenvalue weighted by molar-refractivity contribution is 1.12. The van der Waals surface area contributed by atoms with Crippen molar-refractivity contribution in [1.82, 2.24) is 9.97 Å². The Bertz CT molecular complexity index is 167. The van der Waals surface area contributed by atoms with E-state index in [9.17, 15) is 0 Å². The van der Waals surface area contributed by atoms with Crippen LogP contribution in [-0.2, 0) is 0 Å². The van der Waals surface area contributed by atoms with Crippen molar-refractivity contribution in [2.75, 3.05) is 0 Å². The summed E-state index contributed by atoms with van der Waals surface area (Å²) in [5.74, 6) is 0. The number of hydrogen-bond acceptors (Lipinski definition) is 2. The van der Waals surface area contributed by atoms with Crippen molar-refractivity contribution in [3.8, 4) is 0 Å². The van der Waals surface area contributed by atoms with Gasteiger partial charge in [-0.3, -0.25) is 0 Å². The molecule has 0 aromatic carbocycles. The summed E-state index contributed by atoms with van der Waals surface area (Å²) in [7, 11) is 2.00. The highest BCUT2D eigenvalue weighted by atomic mass is 14.8. The van der Waals surface area contributed by atoms with E-state index in [0.29, 0.717) is 0 Å². The third kappa shape index (κ3) is 0.859. The van der Waals surface area contributed by atoms with Gasteiger partial charge < -0.3 is 0 Å². The van der Waals surface area contributed by atoms with Gasteiger partial charge in [0.15, 0.2) is 0 Å². The average molecular weight is 106 g/mol. The Hall–Kier alpha value is -0.855. The molecular formula is C5H7BN2. The first-order chi connectivity index (χ1) is 3.80. The van der Waals surface area contributed by atoms with Crippen LogP contribution < -0.4 is 5.46 Å². The van der Waals surface area contributed by atoms with Gasteiger partial charge in [-0.25, -0.2) is 9.97 Å². The van der Waals surface area contributed by atoms with E-state index in [1.807, 2.05) is 21.0 Å². The van der Waals surface area contributed by atoms with Gasteiger partial charge >= 0.3 is 0 Å². The summed E-state index contributed by atoms with van der Waals surface area (Å²) in [5, 5.41) is 0. The quantitative estimate of drug-likeness (QED) is 0.398. The second kappa shape index (κ2) is 1.94. The average Bonchev–Trinajstić information content (AvgIpc) is 1.77. The molecule has 0 saturated carbocycles. The fourth-order valence-corrected chi connectivity index (χ4v) is 0.460. The van der Waals surface area contributed by atoms with Gasteiger partial charge in [0.1, 0.15) is 14.2 Å². The van der Waals surface area contributed by atoms with Gasteiger partial charge in [0, 0.05) is 11.9 Å². The second-order valence-corrected chi connectivity index (χ2v) is 1.79. The van der Waals surface area contributed by atoms with Crippen LogP contribution in [-0.4, -0.2) is 17.8 Å². The summed E-state index contributed by atoms with van der Waals surface area (Å²) in [6, 6.07) is 0. The Kier molecular flexibility index (Phi) is 1.28. The lowest BCUT2D eigenvalue weighted by atomic mass is 9.97. The minimum Gasteiger partial charge on any atom is -0.245 e. The Morgan fingerprint density at radius 2 is 2.38 bits per heavy atom. The molecule has 0 aliphatic rings. The molecule has 2 nitrogen and oxygen atoms in total. The van der Waals surface area contributed by atoms with E-state index < -0.39 is 0 Å². The molecule has 3 heteroatoms. The summed E-state index contributed by atoms with van der Waals surface area (Å²) < 4.78 is 0. The van der Waals surface area contributed by atoms with Crippen LogP contribution in [0.1, 0.15) is 5.69 Å². The first-order valence-electron chi connectivity index (χ1n) is 2.54. The molecule has 1 aromatic rings. The van der Waals surface area contributed by atoms with Crippen LogP contribution >= 0.6 is 0 Å². The van der Waals surface area contributed by atoms with Crippen LogP contribution in [0.25, 0.3) is 0 Å². The van der Waals surface area contributed by atoms with Gasteiger partial charge in [-0.05, 0) is 6.92 Å². The molecule has 0 aliphatic carbocycles. The minimum absolute atomic E-state index is 1.06. The number of aromatic nitrogens is 2. The van der Waals surface area contributed by atoms with Crippen molar-refractivity contribution < 1.29 is 0 Å². The van der Waals surface area contributed by atoms with Crippen LogP contribution in [0.4, 0.5) is 0 Å². The molecule has 0 atom stereocenters. The highest BCUT2D eigenvalue weighted by molar-refractivity contribution is 6.32. The molecule has 0 N–H and O–H groups in total. The van der Waals surface area contributed by atoms with E-state index in [-0.39, 0.29) is 0 Å². The molecule has 0 amide bonds. The van der Waals surface area contributed by atoms with Crippen molar-refractivity contribution >= 4 is 13.3 Å². The molecular weight excluding hydrogens is 98.9 g/mol. The van der Waals surface area contributed by atoms with Gasteiger partial charge in [-0.15, -0.1) is 0 Å². The topological polar surface area (TPSA) is 25.8 Å². The van der Waals surface area contributed by atoms with Gasteiger partial charge in [0.2, 0.25) is 0 Å². The molecule has 8 heavy (non-hydrogen) atoms. The molecule has 0 radical (unpaired) electrons. The van der Waals surface area contributed by atoms with E-state index >= 15 is 0 Å². The van der Waals surface area contributed by atoms with Gasteiger partial charge in [-0.1, -0.05) is 5.46 Å². The molecule has 1 heterocycles. The largest absolute Gasteiger partial charge is 0.245 e. The van der Waals surface area contributed by atoms with Crippen molar-refractivity contribution in [2.24, 2.45) is 0 Å². The molecule has 1 aromatic heterocycles. The Morgan fingerprint density at radius 1 is 1.62 bits per heavy atom. The standard InChI is InChI=1S/C5H7BN2/c1-4-5(6)2-7-3-8-4/h2-3H,6H2,1H3. The van der Waals surface area contributed by atoms with E-state index in [1.54, 1.807) is 6.33 Å². The normalized spacial score (nSPS) is 9.12. The lowest BCUT2D eigenvalue weighted by Gasteiger charge is -1.91. The smallest absolute Gasteiger partial charge is 0.143 e. The van der Waals surface area contributed by atoms with Crippen LogP contribution in [0.2, 0.25) is 0 Å². The first kappa shape index (κ1) is 5.28. The zero-order chi connectivity index (χ0) is 5.98. The predicted octanol–water partition coefficient (Wildman–Crippen LogP) is -0.957. The zero-order valence-corrected chi connectivity index (χ0v) is 5.05. The van der Waals surface area contributed by atoms with Crippen molar-refractivity contribution in [3.05, 3.63) is 18.2 Å². The number of aryl methyl sites for hydroxylation is 1. The maximum Gasteiger partial charge on any atom is 0.143 e. The fraction of sp³-hybridized carbons (Fsp3) is 0.200. The second-order valence-electron chi connectivity index (χ2n) is 1.79. The van der Waals surface area contributed by atoms with E-state index in [1.165, 1.54) is 0 Å². The third-order valence-electron chi connectivity index (χ3n) is 1.16. The predicted molar refractivity (Wildman–Crippen MR) is 34.9 cm³/mol. The highest BCUT2D eigenvalue weighted by Gasteiger charge is 1.86. The van der Waals surface area contributed by atoms with Crippen LogP contribution in [0.15, 0.2) is 12.5 Å². The molecule has 0 saturated heterocycles. The molecule has 0 spiro atoms. The van der Waals surface area contributed by atoms with Crippen molar-refractivity contribution in [3.63, 3.8) is 0 Å². The van der Waals surface area contributed by atoms with E-state index in [0.717, 1.165) is 11.2 Å². The molecule has 0 unspecified atom stereocenters. The van der Waals surface area contributed by atoms with Crippen molar-refractivity contribution in [1.29, 1.82) is 0 Å². The Morgan fingerprint density at radius 3 is 2.75 bits per heavy atom. The number of nitrogens with zero attached hydrogens (tertiary/aromatic N) is 2. The molecule has 40 valence electrons. The monoisotopic (exact) mass is 106 g/mol. The fourth-order valence-electron chi connectivity index (χ4n) is 0.460. The maximum absolute atomic E-state index is 3.97. The molecule has 1 rings (SSSR count). The van der Waals surface area contributed by atoms with Crippen LogP contribution in [0.5, 0.6) is 0 Å². The maximum atomic E-state index is 3.97. The van der Waals surface area contributed by atoms with Crippen LogP contribution in [0, 0.1) is 6.92 Å². The number of rotatable bonds is 0.